The smallest absolute Gasteiger partial charge is 0.234 e. The van der Waals surface area contributed by atoms with Gasteiger partial charge in [-0.3, -0.25) is 15.3 Å². The predicted octanol–water partition coefficient (Wildman–Crippen LogP) is 2.67. The summed E-state index contributed by atoms with van der Waals surface area (Å²) in [6.07, 6.45) is 2.69. The highest BCUT2D eigenvalue weighted by molar-refractivity contribution is 5.76. The van der Waals surface area contributed by atoms with Crippen molar-refractivity contribution in [1.29, 1.82) is 0 Å². The van der Waals surface area contributed by atoms with E-state index in [4.69, 9.17) is 5.84 Å². The van der Waals surface area contributed by atoms with E-state index in [-0.39, 0.29) is 5.91 Å². The van der Waals surface area contributed by atoms with Gasteiger partial charge in [0.2, 0.25) is 5.91 Å². The number of aryl methyl sites for hydroxylation is 1. The molecule has 0 saturated carbocycles. The highest BCUT2D eigenvalue weighted by Crippen LogP contribution is 2.26. The highest BCUT2D eigenvalue weighted by Gasteiger charge is 2.09. The van der Waals surface area contributed by atoms with E-state index in [0.29, 0.717) is 12.8 Å². The number of aromatic amines is 1. The molecule has 0 saturated heterocycles. The van der Waals surface area contributed by atoms with Gasteiger partial charge in [-0.1, -0.05) is 54.6 Å². The Kier molecular flexibility index (Phi) is 4.49. The van der Waals surface area contributed by atoms with Gasteiger partial charge in [0.05, 0.1) is 11.9 Å². The maximum absolute atomic E-state index is 11.3. The number of nitrogens with zero attached hydrogens (tertiary/aromatic N) is 1. The summed E-state index contributed by atoms with van der Waals surface area (Å²) in [4.78, 5) is 11.3. The molecular formula is C18H18N4O. The van der Waals surface area contributed by atoms with E-state index in [1.165, 1.54) is 5.56 Å². The fourth-order valence-corrected chi connectivity index (χ4v) is 2.53. The molecule has 3 rings (SSSR count). The van der Waals surface area contributed by atoms with Crippen molar-refractivity contribution in [1.82, 2.24) is 15.6 Å². The molecule has 3 aromatic rings. The molecule has 4 N–H and O–H groups in total. The first-order valence-corrected chi connectivity index (χ1v) is 7.45. The number of carbonyl (C=O) groups is 1. The molecule has 0 unspecified atom stereocenters. The molecule has 5 heteroatoms. The molecule has 0 radical (unpaired) electrons. The van der Waals surface area contributed by atoms with Crippen LogP contribution in [0.15, 0.2) is 60.8 Å². The van der Waals surface area contributed by atoms with Crippen molar-refractivity contribution in [2.24, 2.45) is 5.84 Å². The van der Waals surface area contributed by atoms with Gasteiger partial charge in [0.15, 0.2) is 0 Å². The van der Waals surface area contributed by atoms with Gasteiger partial charge in [-0.05, 0) is 28.7 Å². The van der Waals surface area contributed by atoms with E-state index in [2.05, 4.69) is 52.0 Å². The Bertz CT molecular complexity index is 778. The average molecular weight is 306 g/mol. The summed E-state index contributed by atoms with van der Waals surface area (Å²) in [7, 11) is 0. The lowest BCUT2D eigenvalue weighted by atomic mass is 10.0. The number of amides is 1. The number of benzene rings is 2. The van der Waals surface area contributed by atoms with Gasteiger partial charge in [-0.15, -0.1) is 0 Å². The van der Waals surface area contributed by atoms with E-state index in [0.717, 1.165) is 22.4 Å². The third-order valence-corrected chi connectivity index (χ3v) is 3.78. The van der Waals surface area contributed by atoms with Crippen LogP contribution < -0.4 is 11.3 Å². The maximum Gasteiger partial charge on any atom is 0.234 e. The lowest BCUT2D eigenvalue weighted by Crippen LogP contribution is -2.30. The van der Waals surface area contributed by atoms with Crippen LogP contribution in [0.4, 0.5) is 0 Å². The summed E-state index contributed by atoms with van der Waals surface area (Å²) in [6.45, 7) is 0. The number of H-pyrrole nitrogens is 1. The van der Waals surface area contributed by atoms with Crippen LogP contribution in [-0.4, -0.2) is 16.1 Å². The Hall–Kier alpha value is -2.92. The van der Waals surface area contributed by atoms with E-state index >= 15 is 0 Å². The Morgan fingerprint density at radius 3 is 2.35 bits per heavy atom. The molecule has 0 aliphatic carbocycles. The van der Waals surface area contributed by atoms with Crippen molar-refractivity contribution in [3.05, 3.63) is 66.4 Å². The van der Waals surface area contributed by atoms with Gasteiger partial charge in [-0.25, -0.2) is 5.84 Å². The van der Waals surface area contributed by atoms with Gasteiger partial charge >= 0.3 is 0 Å². The molecule has 1 amide bonds. The molecule has 0 fully saturated rings. The van der Waals surface area contributed by atoms with Crippen LogP contribution in [0.1, 0.15) is 12.0 Å². The fraction of sp³-hybridized carbons (Fsp3) is 0.111. The SMILES string of the molecule is NNC(=O)CCc1cn[nH]c1-c1ccc(-c2ccccc2)cc1. The van der Waals surface area contributed by atoms with Crippen molar-refractivity contribution < 1.29 is 4.79 Å². The number of carbonyl (C=O) groups excluding carboxylic acids is 1. The zero-order valence-electron chi connectivity index (χ0n) is 12.6. The van der Waals surface area contributed by atoms with Crippen LogP contribution in [-0.2, 0) is 11.2 Å². The first-order valence-electron chi connectivity index (χ1n) is 7.45. The summed E-state index contributed by atoms with van der Waals surface area (Å²) in [5.74, 6) is 4.93. The number of hydrogen-bond acceptors (Lipinski definition) is 3. The van der Waals surface area contributed by atoms with Crippen LogP contribution in [0, 0.1) is 0 Å². The monoisotopic (exact) mass is 306 g/mol. The molecule has 2 aromatic carbocycles. The first kappa shape index (κ1) is 15.0. The number of hydrogen-bond donors (Lipinski definition) is 3. The van der Waals surface area contributed by atoms with Crippen LogP contribution in [0.3, 0.4) is 0 Å². The second-order valence-electron chi connectivity index (χ2n) is 5.28. The van der Waals surface area contributed by atoms with Crippen LogP contribution in [0.5, 0.6) is 0 Å². The van der Waals surface area contributed by atoms with Crippen molar-refractivity contribution in [3.8, 4) is 22.4 Å². The number of aromatic nitrogens is 2. The summed E-state index contributed by atoms with van der Waals surface area (Å²) in [5, 5.41) is 7.10. The number of nitrogens with two attached hydrogens (primary N) is 1. The van der Waals surface area contributed by atoms with Crippen molar-refractivity contribution >= 4 is 5.91 Å². The van der Waals surface area contributed by atoms with E-state index < -0.39 is 0 Å². The number of hydrazine groups is 1. The molecule has 1 aromatic heterocycles. The van der Waals surface area contributed by atoms with E-state index in [1.54, 1.807) is 6.20 Å². The van der Waals surface area contributed by atoms with Gasteiger partial charge in [0.1, 0.15) is 0 Å². The van der Waals surface area contributed by atoms with Crippen molar-refractivity contribution in [3.63, 3.8) is 0 Å². The predicted molar refractivity (Wildman–Crippen MR) is 90.1 cm³/mol. The summed E-state index contributed by atoms with van der Waals surface area (Å²) in [5.41, 5.74) is 7.48. The summed E-state index contributed by atoms with van der Waals surface area (Å²) < 4.78 is 0. The minimum absolute atomic E-state index is 0.184. The Labute approximate surface area is 134 Å². The van der Waals surface area contributed by atoms with Crippen LogP contribution >= 0.6 is 0 Å². The lowest BCUT2D eigenvalue weighted by molar-refractivity contribution is -0.121. The Morgan fingerprint density at radius 1 is 1.00 bits per heavy atom. The molecular weight excluding hydrogens is 288 g/mol. The number of rotatable bonds is 5. The zero-order valence-corrected chi connectivity index (χ0v) is 12.6. The summed E-state index contributed by atoms with van der Waals surface area (Å²) >= 11 is 0. The van der Waals surface area contributed by atoms with Gasteiger partial charge in [0.25, 0.3) is 0 Å². The third-order valence-electron chi connectivity index (χ3n) is 3.78. The molecule has 23 heavy (non-hydrogen) atoms. The Balaban J connectivity index is 1.80. The third kappa shape index (κ3) is 3.46. The van der Waals surface area contributed by atoms with Crippen LogP contribution in [0.25, 0.3) is 22.4 Å². The largest absolute Gasteiger partial charge is 0.294 e. The van der Waals surface area contributed by atoms with Gasteiger partial charge < -0.3 is 0 Å². The van der Waals surface area contributed by atoms with Gasteiger partial charge in [0, 0.05) is 6.42 Å². The first-order chi connectivity index (χ1) is 11.3. The molecule has 116 valence electrons. The fourth-order valence-electron chi connectivity index (χ4n) is 2.53. The van der Waals surface area contributed by atoms with Crippen LogP contribution in [0.2, 0.25) is 0 Å². The minimum Gasteiger partial charge on any atom is -0.294 e. The topological polar surface area (TPSA) is 83.8 Å². The van der Waals surface area contributed by atoms with Crippen molar-refractivity contribution in [2.75, 3.05) is 0 Å². The number of nitrogens with one attached hydrogen (secondary N) is 2. The standard InChI is InChI=1S/C18H18N4O/c19-21-17(23)11-10-16-12-20-22-18(16)15-8-6-14(7-9-15)13-4-2-1-3-5-13/h1-9,12H,10-11,19H2,(H,20,22)(H,21,23). The van der Waals surface area contributed by atoms with Gasteiger partial charge in [-0.2, -0.15) is 5.10 Å². The second kappa shape index (κ2) is 6.89. The second-order valence-corrected chi connectivity index (χ2v) is 5.28. The lowest BCUT2D eigenvalue weighted by Gasteiger charge is -2.06. The quantitative estimate of drug-likeness (QED) is 0.385. The highest BCUT2D eigenvalue weighted by atomic mass is 16.2. The molecule has 0 aliphatic rings. The normalized spacial score (nSPS) is 10.5. The summed E-state index contributed by atoms with van der Waals surface area (Å²) in [6, 6.07) is 18.5. The zero-order chi connectivity index (χ0) is 16.1. The van der Waals surface area contributed by atoms with Crippen molar-refractivity contribution in [2.45, 2.75) is 12.8 Å². The molecule has 0 aliphatic heterocycles. The molecule has 0 atom stereocenters. The minimum atomic E-state index is -0.184. The maximum atomic E-state index is 11.3. The molecule has 0 spiro atoms. The van der Waals surface area contributed by atoms with E-state index in [9.17, 15) is 4.79 Å². The average Bonchev–Trinajstić information content (AvgIpc) is 3.09. The molecule has 1 heterocycles. The van der Waals surface area contributed by atoms with E-state index in [1.807, 2.05) is 18.2 Å². The molecule has 5 nitrogen and oxygen atoms in total. The molecule has 0 bridgehead atoms. The Morgan fingerprint density at radius 2 is 1.65 bits per heavy atom.